The van der Waals surface area contributed by atoms with Crippen LogP contribution in [0.5, 0.6) is 0 Å². The molecule has 0 heterocycles. The standard InChI is InChI=1S/2C6H8O2.Ca/c2*1-2-3-4-5-6(7)8;/h2*2-5H,1H3,(H,7,8);/b2*3-2+,5-4+;. The van der Waals surface area contributed by atoms with Crippen LogP contribution in [0.3, 0.4) is 0 Å². The van der Waals surface area contributed by atoms with Crippen molar-refractivity contribution in [3.63, 3.8) is 0 Å². The fourth-order valence-electron chi connectivity index (χ4n) is 0.498. The van der Waals surface area contributed by atoms with Crippen LogP contribution in [0, 0.1) is 0 Å². The van der Waals surface area contributed by atoms with E-state index in [9.17, 15) is 9.59 Å². The number of aliphatic carboxylic acids is 2. The van der Waals surface area contributed by atoms with Gasteiger partial charge in [-0.25, -0.2) is 9.59 Å². The Morgan fingerprint density at radius 3 is 1.24 bits per heavy atom. The molecule has 0 aliphatic carbocycles. The first kappa shape index (κ1) is 21.4. The van der Waals surface area contributed by atoms with Crippen LogP contribution in [0.4, 0.5) is 0 Å². The Morgan fingerprint density at radius 2 is 1.06 bits per heavy atom. The van der Waals surface area contributed by atoms with E-state index in [-0.39, 0.29) is 37.7 Å². The first-order chi connectivity index (χ1) is 7.54. The van der Waals surface area contributed by atoms with Crippen molar-refractivity contribution in [2.24, 2.45) is 0 Å². The summed E-state index contributed by atoms with van der Waals surface area (Å²) in [6, 6.07) is 0. The number of carbonyl (C=O) groups is 2. The van der Waals surface area contributed by atoms with Crippen LogP contribution in [0.2, 0.25) is 0 Å². The summed E-state index contributed by atoms with van der Waals surface area (Å²) in [7, 11) is 0. The molecule has 0 atom stereocenters. The number of allylic oxidation sites excluding steroid dienone is 6. The van der Waals surface area contributed by atoms with E-state index in [1.807, 2.05) is 13.8 Å². The molecule has 0 aromatic carbocycles. The van der Waals surface area contributed by atoms with E-state index >= 15 is 0 Å². The molecule has 0 saturated heterocycles. The molecule has 0 aromatic rings. The zero-order valence-electron chi connectivity index (χ0n) is 10.0. The van der Waals surface area contributed by atoms with E-state index < -0.39 is 11.9 Å². The number of hydrogen-bond acceptors (Lipinski definition) is 2. The molecule has 2 radical (unpaired) electrons. The summed E-state index contributed by atoms with van der Waals surface area (Å²) in [6.07, 6.45) is 12.0. The fraction of sp³-hybridized carbons (Fsp3) is 0.167. The molecule has 0 aliphatic heterocycles. The molecule has 0 saturated carbocycles. The summed E-state index contributed by atoms with van der Waals surface area (Å²) in [6.45, 7) is 3.65. The predicted molar refractivity (Wildman–Crippen MR) is 68.9 cm³/mol. The maximum absolute atomic E-state index is 9.75. The van der Waals surface area contributed by atoms with Crippen molar-refractivity contribution in [3.05, 3.63) is 48.6 Å². The third kappa shape index (κ3) is 31.3. The van der Waals surface area contributed by atoms with E-state index in [1.54, 1.807) is 24.3 Å². The zero-order chi connectivity index (χ0) is 12.8. The van der Waals surface area contributed by atoms with Crippen LogP contribution >= 0.6 is 0 Å². The molecular weight excluding hydrogens is 248 g/mol. The normalized spacial score (nSPS) is 10.5. The van der Waals surface area contributed by atoms with E-state index in [4.69, 9.17) is 10.2 Å². The molecule has 0 amide bonds. The van der Waals surface area contributed by atoms with Crippen molar-refractivity contribution in [1.82, 2.24) is 0 Å². The third-order valence-electron chi connectivity index (χ3n) is 1.08. The summed E-state index contributed by atoms with van der Waals surface area (Å²) in [4.78, 5) is 19.5. The Bertz CT molecular complexity index is 282. The average molecular weight is 264 g/mol. The van der Waals surface area contributed by atoms with Gasteiger partial charge in [0, 0.05) is 49.9 Å². The van der Waals surface area contributed by atoms with Crippen molar-refractivity contribution < 1.29 is 19.8 Å². The second kappa shape index (κ2) is 17.6. The van der Waals surface area contributed by atoms with Crippen molar-refractivity contribution in [3.8, 4) is 0 Å². The van der Waals surface area contributed by atoms with Gasteiger partial charge in [0.1, 0.15) is 0 Å². The van der Waals surface area contributed by atoms with Gasteiger partial charge in [0.2, 0.25) is 0 Å². The van der Waals surface area contributed by atoms with E-state index in [2.05, 4.69) is 0 Å². The largest absolute Gasteiger partial charge is 0.478 e. The molecular formula is C12H16CaO4. The number of carboxylic acid groups (broad SMARTS) is 2. The van der Waals surface area contributed by atoms with Gasteiger partial charge in [0.15, 0.2) is 0 Å². The molecule has 0 aromatic heterocycles. The van der Waals surface area contributed by atoms with Crippen molar-refractivity contribution in [2.45, 2.75) is 13.8 Å². The molecule has 2 N–H and O–H groups in total. The Labute approximate surface area is 131 Å². The molecule has 0 fully saturated rings. The van der Waals surface area contributed by atoms with Crippen molar-refractivity contribution in [2.75, 3.05) is 0 Å². The van der Waals surface area contributed by atoms with Crippen LogP contribution in [-0.4, -0.2) is 59.9 Å². The monoisotopic (exact) mass is 264 g/mol. The van der Waals surface area contributed by atoms with Gasteiger partial charge in [0.05, 0.1) is 0 Å². The molecule has 0 rings (SSSR count). The Morgan fingerprint density at radius 1 is 0.765 bits per heavy atom. The van der Waals surface area contributed by atoms with Crippen molar-refractivity contribution in [1.29, 1.82) is 0 Å². The molecule has 90 valence electrons. The van der Waals surface area contributed by atoms with Crippen molar-refractivity contribution >= 4 is 49.7 Å². The quantitative estimate of drug-likeness (QED) is 0.463. The minimum absolute atomic E-state index is 0. The van der Waals surface area contributed by atoms with E-state index in [0.29, 0.717) is 0 Å². The van der Waals surface area contributed by atoms with Gasteiger partial charge in [-0.1, -0.05) is 36.5 Å². The van der Waals surface area contributed by atoms with Gasteiger partial charge in [-0.3, -0.25) is 0 Å². The van der Waals surface area contributed by atoms with Crippen LogP contribution in [0.1, 0.15) is 13.8 Å². The van der Waals surface area contributed by atoms with Gasteiger partial charge in [0.25, 0.3) is 0 Å². The van der Waals surface area contributed by atoms with Crippen LogP contribution in [-0.2, 0) is 9.59 Å². The van der Waals surface area contributed by atoms with Gasteiger partial charge < -0.3 is 10.2 Å². The third-order valence-corrected chi connectivity index (χ3v) is 1.08. The van der Waals surface area contributed by atoms with Gasteiger partial charge in [-0.2, -0.15) is 0 Å². The fourth-order valence-corrected chi connectivity index (χ4v) is 0.498. The average Bonchev–Trinajstić information content (AvgIpc) is 2.18. The number of hydrogen-bond donors (Lipinski definition) is 2. The summed E-state index contributed by atoms with van der Waals surface area (Å²) in [5.74, 6) is -1.83. The van der Waals surface area contributed by atoms with Gasteiger partial charge in [-0.05, 0) is 13.8 Å². The summed E-state index contributed by atoms with van der Waals surface area (Å²) < 4.78 is 0. The molecule has 4 nitrogen and oxygen atoms in total. The first-order valence-corrected chi connectivity index (χ1v) is 4.59. The number of rotatable bonds is 4. The minimum Gasteiger partial charge on any atom is -0.478 e. The summed E-state index contributed by atoms with van der Waals surface area (Å²) in [5, 5.41) is 16.0. The second-order valence-corrected chi connectivity index (χ2v) is 2.45. The second-order valence-electron chi connectivity index (χ2n) is 2.45. The predicted octanol–water partition coefficient (Wildman–Crippen LogP) is 2.03. The van der Waals surface area contributed by atoms with Gasteiger partial charge in [-0.15, -0.1) is 0 Å². The SMILES string of the molecule is C/C=C/C=C/C(=O)O.C/C=C/C=C/C(=O)O.[Ca]. The Kier molecular flexibility index (Phi) is 22.1. The molecule has 0 bridgehead atoms. The molecule has 0 aliphatic rings. The Hall–Kier alpha value is -0.840. The van der Waals surface area contributed by atoms with Crippen LogP contribution in [0.15, 0.2) is 48.6 Å². The topological polar surface area (TPSA) is 74.6 Å². The maximum Gasteiger partial charge on any atom is 0.328 e. The van der Waals surface area contributed by atoms with Gasteiger partial charge >= 0.3 is 11.9 Å². The van der Waals surface area contributed by atoms with E-state index in [1.165, 1.54) is 12.2 Å². The minimum atomic E-state index is -0.914. The zero-order valence-corrected chi connectivity index (χ0v) is 12.2. The molecule has 0 spiro atoms. The molecule has 0 unspecified atom stereocenters. The van der Waals surface area contributed by atoms with Crippen LogP contribution in [0.25, 0.3) is 0 Å². The smallest absolute Gasteiger partial charge is 0.328 e. The number of carboxylic acids is 2. The summed E-state index contributed by atoms with van der Waals surface area (Å²) in [5.41, 5.74) is 0. The first-order valence-electron chi connectivity index (χ1n) is 4.59. The molecule has 5 heteroatoms. The van der Waals surface area contributed by atoms with Crippen LogP contribution < -0.4 is 0 Å². The van der Waals surface area contributed by atoms with E-state index in [0.717, 1.165) is 12.2 Å². The maximum atomic E-state index is 9.75. The summed E-state index contributed by atoms with van der Waals surface area (Å²) >= 11 is 0. The molecule has 17 heavy (non-hydrogen) atoms. The Balaban J connectivity index is -0.000000218.